The normalized spacial score (nSPS) is 38.5. The number of rotatable bonds is 6. The fraction of sp³-hybridized carbons (Fsp3) is 0.636. The lowest BCUT2D eigenvalue weighted by Gasteiger charge is -2.63. The number of aromatic nitrogens is 3. The predicted octanol–water partition coefficient (Wildman–Crippen LogP) is 4.36. The van der Waals surface area contributed by atoms with E-state index < -0.39 is 52.1 Å². The van der Waals surface area contributed by atoms with Gasteiger partial charge in [-0.1, -0.05) is 31.2 Å². The van der Waals surface area contributed by atoms with Crippen LogP contribution in [-0.4, -0.2) is 78.5 Å². The lowest BCUT2D eigenvalue weighted by atomic mass is 9.44. The van der Waals surface area contributed by atoms with E-state index >= 15 is 4.39 Å². The van der Waals surface area contributed by atoms with E-state index in [1.807, 2.05) is 19.9 Å². The van der Waals surface area contributed by atoms with Gasteiger partial charge in [-0.2, -0.15) is 9.49 Å². The molecule has 1 saturated heterocycles. The second-order valence-corrected chi connectivity index (χ2v) is 14.9. The number of pyridine rings is 1. The first-order valence-electron chi connectivity index (χ1n) is 15.9. The monoisotopic (exact) mass is 643 g/mol. The summed E-state index contributed by atoms with van der Waals surface area (Å²) in [6.07, 6.45) is 6.15. The Morgan fingerprint density at radius 1 is 1.20 bits per heavy atom. The third-order valence-corrected chi connectivity index (χ3v) is 12.8. The van der Waals surface area contributed by atoms with Crippen LogP contribution in [0.4, 0.5) is 8.78 Å². The predicted molar refractivity (Wildman–Crippen MR) is 161 cm³/mol. The highest BCUT2D eigenvalue weighted by atomic mass is 32.2. The molecule has 9 nitrogen and oxygen atoms in total. The van der Waals surface area contributed by atoms with Crippen LogP contribution >= 0.6 is 11.8 Å². The van der Waals surface area contributed by atoms with Gasteiger partial charge in [0.15, 0.2) is 11.7 Å². The zero-order valence-electron chi connectivity index (χ0n) is 25.5. The number of halogens is 2. The highest BCUT2D eigenvalue weighted by Gasteiger charge is 2.76. The van der Waals surface area contributed by atoms with E-state index in [1.165, 1.54) is 12.3 Å². The van der Waals surface area contributed by atoms with E-state index in [0.717, 1.165) is 35.0 Å². The fourth-order valence-corrected chi connectivity index (χ4v) is 10.4. The molecule has 0 amide bonds. The molecule has 2 aromatic rings. The summed E-state index contributed by atoms with van der Waals surface area (Å²) in [6, 6.07) is 2.87. The van der Waals surface area contributed by atoms with Crippen LogP contribution in [0.1, 0.15) is 70.1 Å². The van der Waals surface area contributed by atoms with Gasteiger partial charge >= 0.3 is 5.97 Å². The SMILES string of the molecule is C[C@]12Cc3cnn(-c4ccc(F)nc4)c3C=C1CC[C@H]1[C@@H]3CC[C@](OC(=O)[C@@H]4CCCO4)(C(=O)SCCO)[C@@]3(C)C[C@H](O)[C@@]12F. The van der Waals surface area contributed by atoms with Crippen LogP contribution in [-0.2, 0) is 25.5 Å². The number of allylic oxidation sites excluding steroid dienone is 1. The van der Waals surface area contributed by atoms with Crippen LogP contribution < -0.4 is 0 Å². The Labute approximate surface area is 264 Å². The first kappa shape index (κ1) is 31.0. The minimum Gasteiger partial charge on any atom is -0.448 e. The molecule has 0 unspecified atom stereocenters. The van der Waals surface area contributed by atoms with Gasteiger partial charge in [-0.3, -0.25) is 4.79 Å². The zero-order chi connectivity index (χ0) is 31.8. The van der Waals surface area contributed by atoms with Crippen LogP contribution in [0.3, 0.4) is 0 Å². The van der Waals surface area contributed by atoms with E-state index in [9.17, 15) is 24.2 Å². The Bertz CT molecular complexity index is 1550. The van der Waals surface area contributed by atoms with Gasteiger partial charge in [0.25, 0.3) is 0 Å². The van der Waals surface area contributed by atoms with Crippen molar-refractivity contribution in [1.29, 1.82) is 0 Å². The molecule has 4 fully saturated rings. The smallest absolute Gasteiger partial charge is 0.336 e. The molecule has 0 bridgehead atoms. The summed E-state index contributed by atoms with van der Waals surface area (Å²) in [5, 5.41) is 25.6. The molecule has 0 spiro atoms. The molecule has 0 aromatic carbocycles. The summed E-state index contributed by atoms with van der Waals surface area (Å²) in [4.78, 5) is 31.1. The van der Waals surface area contributed by atoms with Crippen molar-refractivity contribution < 1.29 is 38.1 Å². The molecule has 45 heavy (non-hydrogen) atoms. The molecule has 2 N–H and O–H groups in total. The second-order valence-electron chi connectivity index (χ2n) is 13.8. The average molecular weight is 644 g/mol. The lowest BCUT2D eigenvalue weighted by Crippen LogP contribution is -2.70. The van der Waals surface area contributed by atoms with Gasteiger partial charge in [-0.25, -0.2) is 18.9 Å². The number of esters is 1. The molecular formula is C33H39F2N3O6S. The summed E-state index contributed by atoms with van der Waals surface area (Å²) in [5.41, 5.74) is -2.52. The minimum atomic E-state index is -2.01. The summed E-state index contributed by atoms with van der Waals surface area (Å²) in [7, 11) is 0. The van der Waals surface area contributed by atoms with E-state index in [4.69, 9.17) is 9.47 Å². The molecule has 2 aromatic heterocycles. The van der Waals surface area contributed by atoms with Crippen molar-refractivity contribution in [2.45, 2.75) is 88.7 Å². The minimum absolute atomic E-state index is 0.0505. The van der Waals surface area contributed by atoms with Crippen molar-refractivity contribution in [3.63, 3.8) is 0 Å². The van der Waals surface area contributed by atoms with Crippen molar-refractivity contribution in [3.8, 4) is 5.69 Å². The molecule has 12 heteroatoms. The maximum absolute atomic E-state index is 18.2. The first-order valence-corrected chi connectivity index (χ1v) is 16.9. The van der Waals surface area contributed by atoms with Gasteiger partial charge in [0, 0.05) is 29.1 Å². The first-order chi connectivity index (χ1) is 21.5. The van der Waals surface area contributed by atoms with Crippen molar-refractivity contribution in [1.82, 2.24) is 14.8 Å². The van der Waals surface area contributed by atoms with Gasteiger partial charge in [0.1, 0.15) is 5.67 Å². The van der Waals surface area contributed by atoms with Crippen molar-refractivity contribution in [2.75, 3.05) is 19.0 Å². The highest BCUT2D eigenvalue weighted by molar-refractivity contribution is 8.13. The Balaban J connectivity index is 1.24. The van der Waals surface area contributed by atoms with Crippen LogP contribution in [0.25, 0.3) is 11.8 Å². The number of hydrogen-bond acceptors (Lipinski definition) is 9. The molecule has 5 aliphatic rings. The molecule has 4 aliphatic carbocycles. The number of nitrogens with zero attached hydrogens (tertiary/aromatic N) is 3. The van der Waals surface area contributed by atoms with Gasteiger partial charge in [-0.15, -0.1) is 0 Å². The van der Waals surface area contributed by atoms with E-state index in [1.54, 1.807) is 16.9 Å². The van der Waals surface area contributed by atoms with Crippen molar-refractivity contribution >= 4 is 28.9 Å². The molecule has 242 valence electrons. The average Bonchev–Trinajstić information content (AvgIpc) is 3.75. The summed E-state index contributed by atoms with van der Waals surface area (Å²) in [6.45, 7) is 4.00. The number of alkyl halides is 1. The van der Waals surface area contributed by atoms with E-state index in [-0.39, 0.29) is 36.2 Å². The number of fused-ring (bicyclic) bond motifs is 6. The maximum Gasteiger partial charge on any atom is 0.336 e. The summed E-state index contributed by atoms with van der Waals surface area (Å²) < 4.78 is 45.1. The number of ether oxygens (including phenoxy) is 2. The number of carbonyl (C=O) groups is 2. The third-order valence-electron chi connectivity index (χ3n) is 11.8. The Kier molecular flexibility index (Phi) is 7.54. The lowest BCUT2D eigenvalue weighted by molar-refractivity contribution is -0.230. The summed E-state index contributed by atoms with van der Waals surface area (Å²) >= 11 is 0.926. The van der Waals surface area contributed by atoms with Crippen LogP contribution in [0.2, 0.25) is 0 Å². The number of aliphatic hydroxyl groups excluding tert-OH is 2. The quantitative estimate of drug-likeness (QED) is 0.349. The van der Waals surface area contributed by atoms with Crippen molar-refractivity contribution in [2.24, 2.45) is 22.7 Å². The second kappa shape index (κ2) is 11.0. The number of aliphatic hydroxyl groups is 2. The fourth-order valence-electron chi connectivity index (χ4n) is 9.54. The Hall–Kier alpha value is -2.67. The number of carbonyl (C=O) groups excluding carboxylic acids is 2. The standard InChI is InChI=1S/C33H39F2N3O6S/c1-30-15-19-17-37-38(21-6-8-27(34)36-18-21)24(19)14-20(30)5-7-23-22-9-10-32(29(42)45-13-11-39,44-28(41)25-4-3-12-43-25)31(22,2)16-26(40)33(23,30)35/h6,8,14,17-18,22-23,25-26,39-40H,3-5,7,9-13,15-16H2,1-2H3/t22-,23-,25-,26-,30-,31-,32-,33-/m0/s1. The number of hydrogen-bond donors (Lipinski definition) is 2. The van der Waals surface area contributed by atoms with Gasteiger partial charge in [0.2, 0.25) is 11.1 Å². The van der Waals surface area contributed by atoms with E-state index in [0.29, 0.717) is 44.4 Å². The summed E-state index contributed by atoms with van der Waals surface area (Å²) in [5.74, 6) is -1.94. The molecule has 3 saturated carbocycles. The molecule has 3 heterocycles. The molecule has 0 radical (unpaired) electrons. The zero-order valence-corrected chi connectivity index (χ0v) is 26.3. The maximum atomic E-state index is 18.2. The van der Waals surface area contributed by atoms with E-state index in [2.05, 4.69) is 10.1 Å². The molecule has 7 rings (SSSR count). The molecule has 1 aliphatic heterocycles. The van der Waals surface area contributed by atoms with Crippen LogP contribution in [0.15, 0.2) is 30.1 Å². The third kappa shape index (κ3) is 4.34. The Morgan fingerprint density at radius 2 is 2.02 bits per heavy atom. The number of thioether (sulfide) groups is 1. The molecule has 8 atom stereocenters. The van der Waals surface area contributed by atoms with Gasteiger partial charge in [-0.05, 0) is 81.1 Å². The van der Waals surface area contributed by atoms with Crippen LogP contribution in [0, 0.1) is 28.6 Å². The van der Waals surface area contributed by atoms with Gasteiger partial charge in [0.05, 0.1) is 36.5 Å². The Morgan fingerprint density at radius 3 is 2.73 bits per heavy atom. The molecular weight excluding hydrogens is 604 g/mol. The largest absolute Gasteiger partial charge is 0.448 e. The van der Waals surface area contributed by atoms with Crippen LogP contribution in [0.5, 0.6) is 0 Å². The van der Waals surface area contributed by atoms with Gasteiger partial charge < -0.3 is 19.7 Å². The topological polar surface area (TPSA) is 124 Å². The van der Waals surface area contributed by atoms with Crippen molar-refractivity contribution in [3.05, 3.63) is 47.3 Å². The highest BCUT2D eigenvalue weighted by Crippen LogP contribution is 2.71.